The zero-order valence-corrected chi connectivity index (χ0v) is 21.2. The number of para-hydroxylation sites is 1. The quantitative estimate of drug-likeness (QED) is 0.311. The fourth-order valence-electron chi connectivity index (χ4n) is 3.27. The maximum absolute atomic E-state index is 12.1. The molecule has 2 aromatic rings. The maximum atomic E-state index is 12.1. The third kappa shape index (κ3) is 6.65. The first-order chi connectivity index (χ1) is 15.0. The van der Waals surface area contributed by atoms with Crippen molar-refractivity contribution >= 4 is 35.8 Å². The summed E-state index contributed by atoms with van der Waals surface area (Å²) < 4.78 is 16.5. The van der Waals surface area contributed by atoms with Gasteiger partial charge >= 0.3 is 0 Å². The number of halogens is 1. The Morgan fingerprint density at radius 2 is 1.97 bits per heavy atom. The average Bonchev–Trinajstić information content (AvgIpc) is 2.80. The van der Waals surface area contributed by atoms with Crippen LogP contribution in [0.5, 0.6) is 17.2 Å². The second kappa shape index (κ2) is 12.4. The normalized spacial score (nSPS) is 14.9. The van der Waals surface area contributed by atoms with Gasteiger partial charge in [-0.2, -0.15) is 0 Å². The highest BCUT2D eigenvalue weighted by molar-refractivity contribution is 14.0. The third-order valence-electron chi connectivity index (χ3n) is 5.08. The largest absolute Gasteiger partial charge is 0.497 e. The lowest BCUT2D eigenvalue weighted by atomic mass is 10.0. The number of methoxy groups -OCH3 is 2. The molecular weight excluding hydrogens is 523 g/mol. The fourth-order valence-corrected chi connectivity index (χ4v) is 3.27. The molecule has 9 heteroatoms. The van der Waals surface area contributed by atoms with Gasteiger partial charge in [0.15, 0.2) is 5.96 Å². The van der Waals surface area contributed by atoms with Gasteiger partial charge in [0.05, 0.1) is 40.0 Å². The van der Waals surface area contributed by atoms with E-state index in [4.69, 9.17) is 19.2 Å². The maximum Gasteiger partial charge on any atom is 0.241 e. The second-order valence-corrected chi connectivity index (χ2v) is 7.36. The van der Waals surface area contributed by atoms with Crippen molar-refractivity contribution in [1.29, 1.82) is 0 Å². The fraction of sp³-hybridized carbons (Fsp3) is 0.391. The molecular formula is C23H31IN4O4. The average molecular weight is 554 g/mol. The van der Waals surface area contributed by atoms with Crippen LogP contribution in [0.2, 0.25) is 0 Å². The summed E-state index contributed by atoms with van der Waals surface area (Å²) >= 11 is 0. The van der Waals surface area contributed by atoms with Crippen LogP contribution < -0.4 is 24.8 Å². The predicted molar refractivity (Wildman–Crippen MR) is 135 cm³/mol. The van der Waals surface area contributed by atoms with Crippen LogP contribution in [-0.4, -0.2) is 58.2 Å². The highest BCUT2D eigenvalue weighted by Gasteiger charge is 2.22. The topological polar surface area (TPSA) is 84.4 Å². The molecule has 1 amide bonds. The van der Waals surface area contributed by atoms with E-state index in [1.165, 1.54) is 0 Å². The summed E-state index contributed by atoms with van der Waals surface area (Å²) in [6.45, 7) is 1.14. The summed E-state index contributed by atoms with van der Waals surface area (Å²) in [4.78, 5) is 18.4. The van der Waals surface area contributed by atoms with Crippen molar-refractivity contribution in [3.63, 3.8) is 0 Å². The minimum Gasteiger partial charge on any atom is -0.497 e. The molecule has 1 unspecified atom stereocenters. The number of carbonyl (C=O) groups excluding carboxylic acids is 1. The Kier molecular flexibility index (Phi) is 9.89. The number of hydrogen-bond donors (Lipinski definition) is 2. The number of likely N-dealkylation sites (N-methyl/N-ethyl adjacent to an activating group) is 1. The monoisotopic (exact) mass is 554 g/mol. The van der Waals surface area contributed by atoms with Gasteiger partial charge in [0, 0.05) is 37.7 Å². The summed E-state index contributed by atoms with van der Waals surface area (Å²) in [5.74, 6) is 2.80. The molecule has 0 saturated carbocycles. The minimum absolute atomic E-state index is 0. The molecule has 1 aliphatic rings. The molecule has 8 nitrogen and oxygen atoms in total. The summed E-state index contributed by atoms with van der Waals surface area (Å²) in [6.07, 6.45) is 0.797. The molecule has 2 N–H and O–H groups in total. The van der Waals surface area contributed by atoms with Gasteiger partial charge in [-0.15, -0.1) is 24.0 Å². The van der Waals surface area contributed by atoms with Gasteiger partial charge in [-0.3, -0.25) is 4.79 Å². The molecule has 0 spiro atoms. The molecule has 3 rings (SSSR count). The van der Waals surface area contributed by atoms with E-state index in [9.17, 15) is 4.79 Å². The number of amides is 1. The van der Waals surface area contributed by atoms with E-state index in [0.717, 1.165) is 29.0 Å². The summed E-state index contributed by atoms with van der Waals surface area (Å²) in [6, 6.07) is 13.6. The molecule has 0 aliphatic carbocycles. The number of aliphatic imine (C=N–C) groups is 1. The second-order valence-electron chi connectivity index (χ2n) is 7.36. The van der Waals surface area contributed by atoms with Gasteiger partial charge in [0.2, 0.25) is 5.91 Å². The molecule has 2 aromatic carbocycles. The van der Waals surface area contributed by atoms with Crippen LogP contribution >= 0.6 is 24.0 Å². The van der Waals surface area contributed by atoms with Crippen LogP contribution in [0.1, 0.15) is 23.6 Å². The summed E-state index contributed by atoms with van der Waals surface area (Å²) in [7, 11) is 6.69. The first-order valence-corrected chi connectivity index (χ1v) is 10.2. The number of guanidine groups is 1. The minimum atomic E-state index is -0.0381. The lowest BCUT2D eigenvalue weighted by Gasteiger charge is -2.28. The lowest BCUT2D eigenvalue weighted by molar-refractivity contribution is -0.127. The SMILES string of the molecule is COc1ccc(CN=C(NCC(=O)N(C)C)NC2CCOc3ccccc32)c(OC)c1.I. The van der Waals surface area contributed by atoms with Crippen molar-refractivity contribution in [2.45, 2.75) is 19.0 Å². The van der Waals surface area contributed by atoms with Crippen molar-refractivity contribution in [2.75, 3.05) is 41.5 Å². The zero-order chi connectivity index (χ0) is 22.2. The number of fused-ring (bicyclic) bond motifs is 1. The van der Waals surface area contributed by atoms with Crippen molar-refractivity contribution in [1.82, 2.24) is 15.5 Å². The Labute approximate surface area is 206 Å². The molecule has 32 heavy (non-hydrogen) atoms. The number of nitrogens with one attached hydrogen (secondary N) is 2. The standard InChI is InChI=1S/C23H30N4O4.HI/c1-27(2)22(28)15-25-23(24-14-16-9-10-17(29-3)13-21(16)30-4)26-19-11-12-31-20-8-6-5-7-18(19)20;/h5-10,13,19H,11-12,14-15H2,1-4H3,(H2,24,25,26);1H. The van der Waals surface area contributed by atoms with Crippen molar-refractivity contribution in [3.05, 3.63) is 53.6 Å². The van der Waals surface area contributed by atoms with Crippen LogP contribution in [0.25, 0.3) is 0 Å². The molecule has 0 radical (unpaired) electrons. The molecule has 1 aliphatic heterocycles. The zero-order valence-electron chi connectivity index (χ0n) is 18.9. The Balaban J connectivity index is 0.00000363. The van der Waals surface area contributed by atoms with Crippen LogP contribution in [0.15, 0.2) is 47.5 Å². The summed E-state index contributed by atoms with van der Waals surface area (Å²) in [5, 5.41) is 6.61. The van der Waals surface area contributed by atoms with Crippen molar-refractivity contribution < 1.29 is 19.0 Å². The number of carbonyl (C=O) groups is 1. The molecule has 174 valence electrons. The van der Waals surface area contributed by atoms with Gasteiger partial charge in [-0.25, -0.2) is 4.99 Å². The van der Waals surface area contributed by atoms with E-state index in [1.807, 2.05) is 42.5 Å². The Morgan fingerprint density at radius 1 is 1.19 bits per heavy atom. The van der Waals surface area contributed by atoms with E-state index in [1.54, 1.807) is 33.2 Å². The number of benzene rings is 2. The van der Waals surface area contributed by atoms with Gasteiger partial charge < -0.3 is 29.7 Å². The van der Waals surface area contributed by atoms with Gasteiger partial charge in [0.25, 0.3) is 0 Å². The van der Waals surface area contributed by atoms with Crippen molar-refractivity contribution in [2.24, 2.45) is 4.99 Å². The molecule has 0 fully saturated rings. The first-order valence-electron chi connectivity index (χ1n) is 10.2. The van der Waals surface area contributed by atoms with Crippen molar-refractivity contribution in [3.8, 4) is 17.2 Å². The van der Waals surface area contributed by atoms with Gasteiger partial charge in [-0.1, -0.05) is 18.2 Å². The van der Waals surface area contributed by atoms with E-state index < -0.39 is 0 Å². The van der Waals surface area contributed by atoms with E-state index in [0.29, 0.717) is 24.9 Å². The molecule has 1 atom stereocenters. The number of hydrogen-bond acceptors (Lipinski definition) is 5. The third-order valence-corrected chi connectivity index (χ3v) is 5.08. The Hall–Kier alpha value is -2.69. The smallest absolute Gasteiger partial charge is 0.241 e. The first kappa shape index (κ1) is 25.6. The van der Waals surface area contributed by atoms with Crippen LogP contribution in [0.3, 0.4) is 0 Å². The van der Waals surface area contributed by atoms with E-state index >= 15 is 0 Å². The Bertz CT molecular complexity index is 936. The lowest BCUT2D eigenvalue weighted by Crippen LogP contribution is -2.45. The Morgan fingerprint density at radius 3 is 2.69 bits per heavy atom. The molecule has 0 aromatic heterocycles. The van der Waals surface area contributed by atoms with Gasteiger partial charge in [0.1, 0.15) is 17.2 Å². The number of ether oxygens (including phenoxy) is 3. The van der Waals surface area contributed by atoms with E-state index in [-0.39, 0.29) is 42.5 Å². The molecule has 0 bridgehead atoms. The van der Waals surface area contributed by atoms with Crippen LogP contribution in [0.4, 0.5) is 0 Å². The van der Waals surface area contributed by atoms with Crippen LogP contribution in [-0.2, 0) is 11.3 Å². The van der Waals surface area contributed by atoms with Gasteiger partial charge in [-0.05, 0) is 18.2 Å². The number of rotatable bonds is 7. The highest BCUT2D eigenvalue weighted by Crippen LogP contribution is 2.31. The molecule has 0 saturated heterocycles. The summed E-state index contributed by atoms with van der Waals surface area (Å²) in [5.41, 5.74) is 1.99. The predicted octanol–water partition coefficient (Wildman–Crippen LogP) is 2.97. The van der Waals surface area contributed by atoms with E-state index in [2.05, 4.69) is 10.6 Å². The highest BCUT2D eigenvalue weighted by atomic mass is 127. The molecule has 1 heterocycles. The van der Waals surface area contributed by atoms with Crippen LogP contribution in [0, 0.1) is 0 Å². The number of nitrogens with zero attached hydrogens (tertiary/aromatic N) is 2.